The third kappa shape index (κ3) is 3.25. The maximum atomic E-state index is 12.1. The Balaban J connectivity index is 1.81. The van der Waals surface area contributed by atoms with E-state index in [-0.39, 0.29) is 17.9 Å². The summed E-state index contributed by atoms with van der Waals surface area (Å²) in [7, 11) is 0. The topological polar surface area (TPSA) is 75.9 Å². The second-order valence-electron chi connectivity index (χ2n) is 5.17. The van der Waals surface area contributed by atoms with Crippen LogP contribution in [0.25, 0.3) is 0 Å². The quantitative estimate of drug-likeness (QED) is 0.754. The van der Waals surface area contributed by atoms with Crippen LogP contribution in [-0.4, -0.2) is 66.5 Å². The van der Waals surface area contributed by atoms with Crippen LogP contribution in [0.5, 0.6) is 0 Å². The standard InChI is InChI=1S/C13H23N3O3/c1-2-10(14)12(17)15-5-7-16(8-6-15)13(18)11-4-3-9-19-11/h10-11H,2-9,14H2,1H3/t10-,11?/m1/s1. The minimum absolute atomic E-state index is 0.00767. The van der Waals surface area contributed by atoms with Crippen LogP contribution in [0, 0.1) is 0 Å². The highest BCUT2D eigenvalue weighted by Crippen LogP contribution is 2.16. The van der Waals surface area contributed by atoms with Gasteiger partial charge in [-0.25, -0.2) is 0 Å². The molecule has 108 valence electrons. The van der Waals surface area contributed by atoms with Crippen LogP contribution in [0.4, 0.5) is 0 Å². The number of hydrogen-bond donors (Lipinski definition) is 1. The van der Waals surface area contributed by atoms with E-state index in [9.17, 15) is 9.59 Å². The summed E-state index contributed by atoms with van der Waals surface area (Å²) in [5.74, 6) is 0.0658. The monoisotopic (exact) mass is 269 g/mol. The highest BCUT2D eigenvalue weighted by Gasteiger charge is 2.31. The van der Waals surface area contributed by atoms with E-state index in [1.807, 2.05) is 6.92 Å². The molecule has 0 aromatic carbocycles. The fourth-order valence-electron chi connectivity index (χ4n) is 2.53. The van der Waals surface area contributed by atoms with Crippen LogP contribution >= 0.6 is 0 Å². The molecule has 6 heteroatoms. The van der Waals surface area contributed by atoms with E-state index in [1.165, 1.54) is 0 Å². The Hall–Kier alpha value is -1.14. The lowest BCUT2D eigenvalue weighted by molar-refractivity contribution is -0.146. The van der Waals surface area contributed by atoms with Gasteiger partial charge < -0.3 is 20.3 Å². The summed E-state index contributed by atoms with van der Waals surface area (Å²) in [5, 5.41) is 0. The van der Waals surface area contributed by atoms with Gasteiger partial charge in [0.2, 0.25) is 5.91 Å². The van der Waals surface area contributed by atoms with Gasteiger partial charge in [0.25, 0.3) is 5.91 Å². The van der Waals surface area contributed by atoms with Crippen LogP contribution in [0.3, 0.4) is 0 Å². The normalized spacial score (nSPS) is 25.5. The smallest absolute Gasteiger partial charge is 0.251 e. The van der Waals surface area contributed by atoms with Crippen LogP contribution < -0.4 is 5.73 Å². The molecule has 2 heterocycles. The molecule has 2 aliphatic rings. The zero-order valence-corrected chi connectivity index (χ0v) is 11.5. The molecule has 2 aliphatic heterocycles. The highest BCUT2D eigenvalue weighted by molar-refractivity contribution is 5.83. The Labute approximate surface area is 113 Å². The third-order valence-corrected chi connectivity index (χ3v) is 3.87. The summed E-state index contributed by atoms with van der Waals surface area (Å²) >= 11 is 0. The van der Waals surface area contributed by atoms with Crippen molar-refractivity contribution in [2.75, 3.05) is 32.8 Å². The van der Waals surface area contributed by atoms with Gasteiger partial charge in [-0.3, -0.25) is 9.59 Å². The molecule has 6 nitrogen and oxygen atoms in total. The molecule has 2 rings (SSSR count). The fraction of sp³-hybridized carbons (Fsp3) is 0.846. The third-order valence-electron chi connectivity index (χ3n) is 3.87. The van der Waals surface area contributed by atoms with Crippen LogP contribution in [0.15, 0.2) is 0 Å². The Bertz CT molecular complexity index is 334. The van der Waals surface area contributed by atoms with Gasteiger partial charge in [-0.05, 0) is 19.3 Å². The minimum atomic E-state index is -0.416. The number of carbonyl (C=O) groups excluding carboxylic acids is 2. The fourth-order valence-corrected chi connectivity index (χ4v) is 2.53. The summed E-state index contributed by atoms with van der Waals surface area (Å²) in [5.41, 5.74) is 5.75. The van der Waals surface area contributed by atoms with Gasteiger partial charge in [0.15, 0.2) is 0 Å². The molecule has 0 radical (unpaired) electrons. The van der Waals surface area contributed by atoms with Gasteiger partial charge in [0.05, 0.1) is 6.04 Å². The van der Waals surface area contributed by atoms with Gasteiger partial charge in [0.1, 0.15) is 6.10 Å². The Morgan fingerprint density at radius 3 is 2.42 bits per heavy atom. The van der Waals surface area contributed by atoms with Crippen molar-refractivity contribution in [1.82, 2.24) is 9.80 Å². The molecule has 0 spiro atoms. The number of nitrogens with zero attached hydrogens (tertiary/aromatic N) is 2. The lowest BCUT2D eigenvalue weighted by Gasteiger charge is -2.36. The van der Waals surface area contributed by atoms with Crippen molar-refractivity contribution in [2.45, 2.75) is 38.3 Å². The van der Waals surface area contributed by atoms with Crippen LogP contribution in [0.1, 0.15) is 26.2 Å². The molecule has 2 N–H and O–H groups in total. The van der Waals surface area contributed by atoms with Gasteiger partial charge >= 0.3 is 0 Å². The number of ether oxygens (including phenoxy) is 1. The summed E-state index contributed by atoms with van der Waals surface area (Å²) in [6, 6.07) is -0.416. The molecule has 2 saturated heterocycles. The van der Waals surface area contributed by atoms with Crippen molar-refractivity contribution in [3.63, 3.8) is 0 Å². The first-order chi connectivity index (χ1) is 9.13. The van der Waals surface area contributed by atoms with E-state index < -0.39 is 6.04 Å². The maximum absolute atomic E-state index is 12.1. The first-order valence-corrected chi connectivity index (χ1v) is 7.08. The number of carbonyl (C=O) groups is 2. The molecular formula is C13H23N3O3. The van der Waals surface area contributed by atoms with Crippen molar-refractivity contribution < 1.29 is 14.3 Å². The van der Waals surface area contributed by atoms with Crippen LogP contribution in [-0.2, 0) is 14.3 Å². The van der Waals surface area contributed by atoms with E-state index >= 15 is 0 Å². The number of rotatable bonds is 3. The van der Waals surface area contributed by atoms with Crippen LogP contribution in [0.2, 0.25) is 0 Å². The predicted octanol–water partition coefficient (Wildman–Crippen LogP) is -0.426. The van der Waals surface area contributed by atoms with Crippen molar-refractivity contribution in [3.8, 4) is 0 Å². The van der Waals surface area contributed by atoms with E-state index in [0.29, 0.717) is 39.2 Å². The summed E-state index contributed by atoms with van der Waals surface area (Å²) in [6.45, 7) is 4.90. The van der Waals surface area contributed by atoms with Crippen molar-refractivity contribution in [1.29, 1.82) is 0 Å². The van der Waals surface area contributed by atoms with Gasteiger partial charge in [-0.2, -0.15) is 0 Å². The molecule has 0 aromatic rings. The molecule has 0 aliphatic carbocycles. The highest BCUT2D eigenvalue weighted by atomic mass is 16.5. The maximum Gasteiger partial charge on any atom is 0.251 e. The summed E-state index contributed by atoms with van der Waals surface area (Å²) < 4.78 is 5.41. The first-order valence-electron chi connectivity index (χ1n) is 7.08. The molecule has 19 heavy (non-hydrogen) atoms. The molecule has 0 saturated carbocycles. The van der Waals surface area contributed by atoms with Crippen molar-refractivity contribution in [3.05, 3.63) is 0 Å². The summed E-state index contributed by atoms with van der Waals surface area (Å²) in [4.78, 5) is 27.6. The van der Waals surface area contributed by atoms with E-state index in [2.05, 4.69) is 0 Å². The van der Waals surface area contributed by atoms with Gasteiger partial charge in [0, 0.05) is 32.8 Å². The van der Waals surface area contributed by atoms with E-state index in [1.54, 1.807) is 9.80 Å². The number of nitrogens with two attached hydrogens (primary N) is 1. The average Bonchev–Trinajstić information content (AvgIpc) is 2.99. The number of amides is 2. The Kier molecular flexibility index (Phi) is 4.76. The molecule has 0 aromatic heterocycles. The first kappa shape index (κ1) is 14.3. The van der Waals surface area contributed by atoms with Crippen molar-refractivity contribution in [2.24, 2.45) is 5.73 Å². The predicted molar refractivity (Wildman–Crippen MR) is 70.4 cm³/mol. The van der Waals surface area contributed by atoms with Crippen molar-refractivity contribution >= 4 is 11.8 Å². The average molecular weight is 269 g/mol. The molecule has 1 unspecified atom stereocenters. The number of hydrogen-bond acceptors (Lipinski definition) is 4. The second-order valence-corrected chi connectivity index (χ2v) is 5.17. The molecule has 2 atom stereocenters. The zero-order chi connectivity index (χ0) is 13.8. The molecular weight excluding hydrogens is 246 g/mol. The van der Waals surface area contributed by atoms with Gasteiger partial charge in [-0.1, -0.05) is 6.92 Å². The number of piperazine rings is 1. The lowest BCUT2D eigenvalue weighted by atomic mass is 10.1. The summed E-state index contributed by atoms with van der Waals surface area (Å²) in [6.07, 6.45) is 2.16. The van der Waals surface area contributed by atoms with Gasteiger partial charge in [-0.15, -0.1) is 0 Å². The molecule has 0 bridgehead atoms. The Morgan fingerprint density at radius 1 is 1.26 bits per heavy atom. The largest absolute Gasteiger partial charge is 0.368 e. The molecule has 2 amide bonds. The van der Waals surface area contributed by atoms with E-state index in [0.717, 1.165) is 12.8 Å². The minimum Gasteiger partial charge on any atom is -0.368 e. The zero-order valence-electron chi connectivity index (χ0n) is 11.5. The Morgan fingerprint density at radius 2 is 1.89 bits per heavy atom. The lowest BCUT2D eigenvalue weighted by Crippen LogP contribution is -2.55. The van der Waals surface area contributed by atoms with E-state index in [4.69, 9.17) is 10.5 Å². The second kappa shape index (κ2) is 6.34. The molecule has 2 fully saturated rings. The SMILES string of the molecule is CC[C@@H](N)C(=O)N1CCN(C(=O)C2CCCO2)CC1.